The molecule has 1 aromatic heterocycles. The molecule has 0 aromatic carbocycles. The summed E-state index contributed by atoms with van der Waals surface area (Å²) < 4.78 is 1.79. The van der Waals surface area contributed by atoms with Gasteiger partial charge in [0.15, 0.2) is 6.33 Å². The van der Waals surface area contributed by atoms with Crippen LogP contribution in [0.5, 0.6) is 0 Å². The largest absolute Gasteiger partial charge is 0.327 e. The van der Waals surface area contributed by atoms with Crippen molar-refractivity contribution in [2.75, 3.05) is 0 Å². The molecule has 53 valence electrons. The normalized spacial score (nSPS) is 9.80. The van der Waals surface area contributed by atoms with Crippen LogP contribution in [-0.2, 0) is 6.54 Å². The molecule has 0 fully saturated rings. The average Bonchev–Trinajstić information content (AvgIpc) is 1.88. The smallest absolute Gasteiger partial charge is 0.273 e. The highest BCUT2D eigenvalue weighted by molar-refractivity contribution is 4.96. The quantitative estimate of drug-likeness (QED) is 0.560. The van der Waals surface area contributed by atoms with Crippen molar-refractivity contribution in [3.8, 4) is 0 Å². The van der Waals surface area contributed by atoms with Crippen LogP contribution in [0.3, 0.4) is 0 Å². The molecule has 0 atom stereocenters. The number of hydrogen-bond acceptors (Lipinski definition) is 2. The lowest BCUT2D eigenvalue weighted by molar-refractivity contribution is 0.695. The highest BCUT2D eigenvalue weighted by Gasteiger charge is 1.92. The van der Waals surface area contributed by atoms with Gasteiger partial charge in [0.25, 0.3) is 5.56 Å². The van der Waals surface area contributed by atoms with Crippen LogP contribution in [0.4, 0.5) is 0 Å². The van der Waals surface area contributed by atoms with E-state index in [2.05, 4.69) is 11.3 Å². The minimum Gasteiger partial charge on any atom is -0.327 e. The SMILES string of the molecule is CCn1[c]nc(=O)cc1C. The van der Waals surface area contributed by atoms with Crippen LogP contribution in [0.1, 0.15) is 12.6 Å². The van der Waals surface area contributed by atoms with E-state index in [0.29, 0.717) is 0 Å². The topological polar surface area (TPSA) is 34.9 Å². The molecule has 1 rings (SSSR count). The lowest BCUT2D eigenvalue weighted by Gasteiger charge is -2.02. The Hall–Kier alpha value is -1.12. The average molecular weight is 137 g/mol. The van der Waals surface area contributed by atoms with Gasteiger partial charge in [-0.25, -0.2) is 0 Å². The molecule has 1 heterocycles. The molecule has 0 aliphatic carbocycles. The van der Waals surface area contributed by atoms with Gasteiger partial charge in [-0.05, 0) is 13.8 Å². The Kier molecular flexibility index (Phi) is 1.85. The predicted molar refractivity (Wildman–Crippen MR) is 37.7 cm³/mol. The van der Waals surface area contributed by atoms with Crippen molar-refractivity contribution in [1.82, 2.24) is 9.55 Å². The molecular weight excluding hydrogens is 128 g/mol. The Morgan fingerprint density at radius 1 is 1.80 bits per heavy atom. The lowest BCUT2D eigenvalue weighted by atomic mass is 10.4. The Morgan fingerprint density at radius 2 is 2.50 bits per heavy atom. The summed E-state index contributed by atoms with van der Waals surface area (Å²) in [5, 5.41) is 0. The fourth-order valence-corrected chi connectivity index (χ4v) is 0.798. The Morgan fingerprint density at radius 3 is 3.00 bits per heavy atom. The molecule has 0 N–H and O–H groups in total. The Bertz CT molecular complexity index is 277. The van der Waals surface area contributed by atoms with Crippen molar-refractivity contribution >= 4 is 0 Å². The van der Waals surface area contributed by atoms with E-state index in [0.717, 1.165) is 12.2 Å². The second-order valence-electron chi connectivity index (χ2n) is 2.08. The van der Waals surface area contributed by atoms with Gasteiger partial charge in [-0.15, -0.1) is 0 Å². The van der Waals surface area contributed by atoms with Crippen LogP contribution in [0.15, 0.2) is 10.9 Å². The summed E-state index contributed by atoms with van der Waals surface area (Å²) in [6.45, 7) is 4.65. The maximum Gasteiger partial charge on any atom is 0.273 e. The summed E-state index contributed by atoms with van der Waals surface area (Å²) in [5.41, 5.74) is 0.685. The number of rotatable bonds is 1. The molecule has 3 nitrogen and oxygen atoms in total. The van der Waals surface area contributed by atoms with Crippen molar-refractivity contribution < 1.29 is 0 Å². The maximum absolute atomic E-state index is 10.6. The Balaban J connectivity index is 3.19. The fraction of sp³-hybridized carbons (Fsp3) is 0.429. The van der Waals surface area contributed by atoms with Gasteiger partial charge in [0, 0.05) is 18.3 Å². The molecule has 0 saturated carbocycles. The van der Waals surface area contributed by atoms with E-state index in [4.69, 9.17) is 0 Å². The molecular formula is C7H9N2O. The summed E-state index contributed by atoms with van der Waals surface area (Å²) in [7, 11) is 0. The third-order valence-electron chi connectivity index (χ3n) is 1.36. The summed E-state index contributed by atoms with van der Waals surface area (Å²) in [6, 6.07) is 1.50. The summed E-state index contributed by atoms with van der Waals surface area (Å²) in [5.74, 6) is 0. The van der Waals surface area contributed by atoms with E-state index in [-0.39, 0.29) is 5.56 Å². The van der Waals surface area contributed by atoms with Gasteiger partial charge in [0.1, 0.15) is 0 Å². The zero-order valence-electron chi connectivity index (χ0n) is 6.09. The fourth-order valence-electron chi connectivity index (χ4n) is 0.798. The van der Waals surface area contributed by atoms with Gasteiger partial charge >= 0.3 is 0 Å². The first-order valence-corrected chi connectivity index (χ1v) is 3.20. The monoisotopic (exact) mass is 137 g/mol. The standard InChI is InChI=1S/C7H9N2O/c1-3-9-5-8-7(10)4-6(9)2/h4H,3H2,1-2H3. The van der Waals surface area contributed by atoms with E-state index in [1.165, 1.54) is 6.07 Å². The predicted octanol–water partition coefficient (Wildman–Crippen LogP) is 0.372. The molecule has 0 bridgehead atoms. The third-order valence-corrected chi connectivity index (χ3v) is 1.36. The van der Waals surface area contributed by atoms with Crippen molar-refractivity contribution in [3.63, 3.8) is 0 Å². The van der Waals surface area contributed by atoms with E-state index in [9.17, 15) is 4.79 Å². The first-order valence-electron chi connectivity index (χ1n) is 3.20. The first-order chi connectivity index (χ1) is 4.74. The highest BCUT2D eigenvalue weighted by Crippen LogP contribution is 1.89. The van der Waals surface area contributed by atoms with Crippen LogP contribution >= 0.6 is 0 Å². The number of aromatic nitrogens is 2. The van der Waals surface area contributed by atoms with Gasteiger partial charge in [0.2, 0.25) is 0 Å². The van der Waals surface area contributed by atoms with Crippen molar-refractivity contribution in [2.24, 2.45) is 0 Å². The second-order valence-corrected chi connectivity index (χ2v) is 2.08. The minimum atomic E-state index is -0.220. The van der Waals surface area contributed by atoms with Crippen molar-refractivity contribution in [3.05, 3.63) is 28.4 Å². The minimum absolute atomic E-state index is 0.220. The summed E-state index contributed by atoms with van der Waals surface area (Å²) in [4.78, 5) is 14.1. The van der Waals surface area contributed by atoms with Crippen LogP contribution in [0.25, 0.3) is 0 Å². The van der Waals surface area contributed by atoms with Gasteiger partial charge in [0.05, 0.1) is 0 Å². The van der Waals surface area contributed by atoms with E-state index >= 15 is 0 Å². The molecule has 0 aliphatic heterocycles. The van der Waals surface area contributed by atoms with Gasteiger partial charge < -0.3 is 4.57 Å². The van der Waals surface area contributed by atoms with Crippen LogP contribution < -0.4 is 5.56 Å². The zero-order valence-corrected chi connectivity index (χ0v) is 6.09. The molecule has 10 heavy (non-hydrogen) atoms. The molecule has 0 saturated heterocycles. The molecule has 0 unspecified atom stereocenters. The second kappa shape index (κ2) is 2.64. The molecule has 0 aliphatic rings. The Labute approximate surface area is 59.3 Å². The number of aryl methyl sites for hydroxylation is 2. The van der Waals surface area contributed by atoms with E-state index < -0.39 is 0 Å². The zero-order chi connectivity index (χ0) is 7.56. The lowest BCUT2D eigenvalue weighted by Crippen LogP contribution is -2.12. The van der Waals surface area contributed by atoms with Crippen LogP contribution in [0.2, 0.25) is 0 Å². The molecule has 0 spiro atoms. The van der Waals surface area contributed by atoms with Crippen molar-refractivity contribution in [2.45, 2.75) is 20.4 Å². The summed E-state index contributed by atoms with van der Waals surface area (Å²) in [6.07, 6.45) is 2.61. The molecule has 0 amide bonds. The molecule has 1 radical (unpaired) electrons. The number of hydrogen-bond donors (Lipinski definition) is 0. The first kappa shape index (κ1) is 6.99. The van der Waals surface area contributed by atoms with Gasteiger partial charge in [-0.3, -0.25) is 4.79 Å². The van der Waals surface area contributed by atoms with E-state index in [1.54, 1.807) is 4.57 Å². The number of nitrogens with zero attached hydrogens (tertiary/aromatic N) is 2. The van der Waals surface area contributed by atoms with Crippen molar-refractivity contribution in [1.29, 1.82) is 0 Å². The van der Waals surface area contributed by atoms with Gasteiger partial charge in [-0.2, -0.15) is 4.98 Å². The third kappa shape index (κ3) is 1.23. The van der Waals surface area contributed by atoms with Crippen LogP contribution in [-0.4, -0.2) is 9.55 Å². The van der Waals surface area contributed by atoms with Crippen LogP contribution in [0, 0.1) is 13.3 Å². The highest BCUT2D eigenvalue weighted by atomic mass is 16.1. The molecule has 1 aromatic rings. The van der Waals surface area contributed by atoms with E-state index in [1.807, 2.05) is 13.8 Å². The molecule has 3 heteroatoms. The van der Waals surface area contributed by atoms with Gasteiger partial charge in [-0.1, -0.05) is 0 Å². The maximum atomic E-state index is 10.6. The summed E-state index contributed by atoms with van der Waals surface area (Å²) >= 11 is 0.